The first-order valence-corrected chi connectivity index (χ1v) is 8.09. The molecule has 0 spiro atoms. The minimum absolute atomic E-state index is 0.00884. The Morgan fingerprint density at radius 3 is 2.63 bits per heavy atom. The summed E-state index contributed by atoms with van der Waals surface area (Å²) in [6, 6.07) is 2.93. The summed E-state index contributed by atoms with van der Waals surface area (Å²) >= 11 is 0. The van der Waals surface area contributed by atoms with E-state index in [9.17, 15) is 8.42 Å². The Morgan fingerprint density at radius 1 is 1.42 bits per heavy atom. The molecule has 2 rings (SSSR count). The summed E-state index contributed by atoms with van der Waals surface area (Å²) in [5.41, 5.74) is 0.600. The predicted octanol–water partition coefficient (Wildman–Crippen LogP) is 1.43. The van der Waals surface area contributed by atoms with Crippen molar-refractivity contribution in [3.63, 3.8) is 0 Å². The molecule has 1 heterocycles. The lowest BCUT2D eigenvalue weighted by atomic mass is 10.0. The summed E-state index contributed by atoms with van der Waals surface area (Å²) in [6.45, 7) is 1.77. The van der Waals surface area contributed by atoms with Gasteiger partial charge in [-0.15, -0.1) is 0 Å². The molecule has 2 N–H and O–H groups in total. The van der Waals surface area contributed by atoms with Crippen LogP contribution in [0.3, 0.4) is 0 Å². The molecule has 0 aliphatic heterocycles. The van der Waals surface area contributed by atoms with E-state index in [1.807, 2.05) is 6.92 Å². The lowest BCUT2D eigenvalue weighted by Crippen LogP contribution is -2.37. The average Bonchev–Trinajstić information content (AvgIpc) is 2.92. The molecule has 0 saturated heterocycles. The van der Waals surface area contributed by atoms with Crippen molar-refractivity contribution in [2.75, 3.05) is 0 Å². The fraction of sp³-hybridized carbons (Fsp3) is 0.615. The summed E-state index contributed by atoms with van der Waals surface area (Å²) in [5, 5.41) is 8.92. The van der Waals surface area contributed by atoms with Crippen molar-refractivity contribution in [3.8, 4) is 0 Å². The molecule has 106 valence electrons. The van der Waals surface area contributed by atoms with Crippen LogP contribution in [0.4, 0.5) is 0 Å². The summed E-state index contributed by atoms with van der Waals surface area (Å²) in [4.78, 5) is 3.89. The van der Waals surface area contributed by atoms with E-state index < -0.39 is 10.0 Å². The molecular weight excluding hydrogens is 264 g/mol. The third kappa shape index (κ3) is 3.52. The molecule has 1 aliphatic carbocycles. The van der Waals surface area contributed by atoms with Crippen molar-refractivity contribution in [2.45, 2.75) is 50.3 Å². The van der Waals surface area contributed by atoms with E-state index in [0.29, 0.717) is 11.5 Å². The van der Waals surface area contributed by atoms with Crippen LogP contribution in [0.5, 0.6) is 0 Å². The molecule has 0 amide bonds. The van der Waals surface area contributed by atoms with Gasteiger partial charge in [0, 0.05) is 12.2 Å². The number of sulfonamides is 1. The van der Waals surface area contributed by atoms with Crippen LogP contribution in [0.1, 0.15) is 38.2 Å². The Hall–Kier alpha value is -0.980. The second kappa shape index (κ2) is 5.98. The SMILES string of the molecule is CC(NS(=O)(=O)c1ccc(CO)cn1)C1CCCC1. The highest BCUT2D eigenvalue weighted by Crippen LogP contribution is 2.28. The van der Waals surface area contributed by atoms with Crippen molar-refractivity contribution in [2.24, 2.45) is 5.92 Å². The number of pyridine rings is 1. The molecule has 1 saturated carbocycles. The molecule has 1 aromatic heterocycles. The zero-order valence-electron chi connectivity index (χ0n) is 11.0. The number of aliphatic hydroxyl groups is 1. The first kappa shape index (κ1) is 14.4. The van der Waals surface area contributed by atoms with Gasteiger partial charge in [0.2, 0.25) is 0 Å². The Kier molecular flexibility index (Phi) is 4.54. The molecule has 0 radical (unpaired) electrons. The molecule has 1 aliphatic rings. The van der Waals surface area contributed by atoms with Gasteiger partial charge in [-0.25, -0.2) is 18.1 Å². The number of nitrogens with zero attached hydrogens (tertiary/aromatic N) is 1. The lowest BCUT2D eigenvalue weighted by Gasteiger charge is -2.19. The van der Waals surface area contributed by atoms with E-state index in [4.69, 9.17) is 5.11 Å². The topological polar surface area (TPSA) is 79.3 Å². The van der Waals surface area contributed by atoms with Crippen molar-refractivity contribution >= 4 is 10.0 Å². The summed E-state index contributed by atoms with van der Waals surface area (Å²) in [7, 11) is -3.56. The maximum atomic E-state index is 12.2. The van der Waals surface area contributed by atoms with Crippen LogP contribution >= 0.6 is 0 Å². The Morgan fingerprint density at radius 2 is 2.11 bits per heavy atom. The van der Waals surface area contributed by atoms with Crippen LogP contribution in [0.25, 0.3) is 0 Å². The summed E-state index contributed by atoms with van der Waals surface area (Å²) < 4.78 is 27.0. The van der Waals surface area contributed by atoms with Crippen LogP contribution in [0.15, 0.2) is 23.4 Å². The molecule has 5 nitrogen and oxygen atoms in total. The number of hydrogen-bond acceptors (Lipinski definition) is 4. The van der Waals surface area contributed by atoms with E-state index in [2.05, 4.69) is 9.71 Å². The van der Waals surface area contributed by atoms with Gasteiger partial charge < -0.3 is 5.11 Å². The van der Waals surface area contributed by atoms with Crippen molar-refractivity contribution in [3.05, 3.63) is 23.9 Å². The monoisotopic (exact) mass is 284 g/mol. The first-order valence-electron chi connectivity index (χ1n) is 6.61. The fourth-order valence-electron chi connectivity index (χ4n) is 2.52. The number of nitrogens with one attached hydrogen (secondary N) is 1. The second-order valence-corrected chi connectivity index (χ2v) is 6.78. The van der Waals surface area contributed by atoms with E-state index in [1.165, 1.54) is 25.1 Å². The minimum atomic E-state index is -3.56. The predicted molar refractivity (Wildman–Crippen MR) is 71.9 cm³/mol. The Balaban J connectivity index is 2.08. The average molecular weight is 284 g/mol. The number of aliphatic hydroxyl groups excluding tert-OH is 1. The highest BCUT2D eigenvalue weighted by molar-refractivity contribution is 7.89. The van der Waals surface area contributed by atoms with Crippen LogP contribution in [-0.2, 0) is 16.6 Å². The van der Waals surface area contributed by atoms with Crippen LogP contribution in [0.2, 0.25) is 0 Å². The summed E-state index contributed by atoms with van der Waals surface area (Å²) in [6.07, 6.45) is 5.91. The lowest BCUT2D eigenvalue weighted by molar-refractivity contribution is 0.281. The molecule has 1 fully saturated rings. The summed E-state index contributed by atoms with van der Waals surface area (Å²) in [5.74, 6) is 0.423. The molecule has 0 aromatic carbocycles. The number of rotatable bonds is 5. The van der Waals surface area contributed by atoms with Crippen molar-refractivity contribution < 1.29 is 13.5 Å². The van der Waals surface area contributed by atoms with Gasteiger partial charge in [0.15, 0.2) is 5.03 Å². The molecule has 6 heteroatoms. The zero-order valence-corrected chi connectivity index (χ0v) is 11.9. The van der Waals surface area contributed by atoms with Crippen molar-refractivity contribution in [1.29, 1.82) is 0 Å². The molecule has 1 unspecified atom stereocenters. The molecule has 19 heavy (non-hydrogen) atoms. The molecule has 0 bridgehead atoms. The third-order valence-electron chi connectivity index (χ3n) is 3.70. The van der Waals surface area contributed by atoms with Crippen LogP contribution < -0.4 is 4.72 Å². The quantitative estimate of drug-likeness (QED) is 0.857. The van der Waals surface area contributed by atoms with Gasteiger partial charge in [-0.3, -0.25) is 0 Å². The maximum Gasteiger partial charge on any atom is 0.258 e. The largest absolute Gasteiger partial charge is 0.392 e. The third-order valence-corrected chi connectivity index (χ3v) is 5.18. The van der Waals surface area contributed by atoms with Gasteiger partial charge >= 0.3 is 0 Å². The normalized spacial score (nSPS) is 18.6. The van der Waals surface area contributed by atoms with Crippen LogP contribution in [0, 0.1) is 5.92 Å². The van der Waals surface area contributed by atoms with E-state index >= 15 is 0 Å². The van der Waals surface area contributed by atoms with Gasteiger partial charge in [-0.2, -0.15) is 0 Å². The van der Waals surface area contributed by atoms with Gasteiger partial charge in [-0.05, 0) is 37.3 Å². The first-order chi connectivity index (χ1) is 9.03. The fourth-order valence-corrected chi connectivity index (χ4v) is 3.76. The molecule has 1 atom stereocenters. The van der Waals surface area contributed by atoms with Gasteiger partial charge in [0.1, 0.15) is 0 Å². The van der Waals surface area contributed by atoms with Crippen LogP contribution in [-0.4, -0.2) is 24.6 Å². The Bertz CT molecular complexity index is 507. The van der Waals surface area contributed by atoms with E-state index in [1.54, 1.807) is 6.07 Å². The maximum absolute atomic E-state index is 12.2. The Labute approximate surface area is 114 Å². The highest BCUT2D eigenvalue weighted by Gasteiger charge is 2.26. The highest BCUT2D eigenvalue weighted by atomic mass is 32.2. The standard InChI is InChI=1S/C13H20N2O3S/c1-10(12-4-2-3-5-12)15-19(17,18)13-7-6-11(9-16)8-14-13/h6-8,10,12,15-16H,2-5,9H2,1H3. The molecule has 1 aromatic rings. The van der Waals surface area contributed by atoms with Crippen molar-refractivity contribution in [1.82, 2.24) is 9.71 Å². The zero-order chi connectivity index (χ0) is 13.9. The smallest absolute Gasteiger partial charge is 0.258 e. The molecular formula is C13H20N2O3S. The van der Waals surface area contributed by atoms with E-state index in [0.717, 1.165) is 12.8 Å². The minimum Gasteiger partial charge on any atom is -0.392 e. The van der Waals surface area contributed by atoms with Gasteiger partial charge in [0.05, 0.1) is 6.61 Å². The second-order valence-electron chi connectivity index (χ2n) is 5.12. The van der Waals surface area contributed by atoms with E-state index in [-0.39, 0.29) is 17.7 Å². The van der Waals surface area contributed by atoms with Gasteiger partial charge in [0.25, 0.3) is 10.0 Å². The van der Waals surface area contributed by atoms with Gasteiger partial charge in [-0.1, -0.05) is 18.9 Å². The number of aromatic nitrogens is 1. The number of hydrogen-bond donors (Lipinski definition) is 2.